The zero-order valence-corrected chi connectivity index (χ0v) is 7.90. The molecule has 1 N–H and O–H groups in total. The summed E-state index contributed by atoms with van der Waals surface area (Å²) in [6.45, 7) is 8.19. The molecule has 0 aromatic rings. The highest BCUT2D eigenvalue weighted by molar-refractivity contribution is 4.95. The molecule has 3 heterocycles. The number of hydrogen-bond acceptors (Lipinski definition) is 3. The molecule has 3 rings (SSSR count). The van der Waals surface area contributed by atoms with Gasteiger partial charge in [-0.15, -0.1) is 0 Å². The van der Waals surface area contributed by atoms with Gasteiger partial charge in [-0.1, -0.05) is 0 Å². The number of fused-ring (bicyclic) bond motifs is 3. The third kappa shape index (κ3) is 1.16. The van der Waals surface area contributed by atoms with Crippen LogP contribution < -0.4 is 0 Å². The van der Waals surface area contributed by atoms with Crippen molar-refractivity contribution in [1.82, 2.24) is 9.80 Å². The fraction of sp³-hybridized carbons (Fsp3) is 1.00. The lowest BCUT2D eigenvalue weighted by Crippen LogP contribution is -2.68. The van der Waals surface area contributed by atoms with Gasteiger partial charge < -0.3 is 5.11 Å². The Kier molecular flexibility index (Phi) is 2.10. The summed E-state index contributed by atoms with van der Waals surface area (Å²) < 4.78 is 0. The molecule has 3 nitrogen and oxygen atoms in total. The van der Waals surface area contributed by atoms with E-state index in [2.05, 4.69) is 23.6 Å². The van der Waals surface area contributed by atoms with E-state index in [-0.39, 0.29) is 0 Å². The number of rotatable bonds is 1. The molecule has 2 bridgehead atoms. The maximum atomic E-state index is 9.12. The summed E-state index contributed by atoms with van der Waals surface area (Å²) in [6.07, 6.45) is 0. The Bertz CT molecular complexity index is 162. The molecule has 0 saturated carbocycles. The summed E-state index contributed by atoms with van der Waals surface area (Å²) >= 11 is 0. The Morgan fingerprint density at radius 3 is 2.17 bits per heavy atom. The van der Waals surface area contributed by atoms with Crippen molar-refractivity contribution in [2.45, 2.75) is 32.0 Å². The highest BCUT2D eigenvalue weighted by Crippen LogP contribution is 2.24. The topological polar surface area (TPSA) is 26.7 Å². The van der Waals surface area contributed by atoms with Crippen LogP contribution in [0.15, 0.2) is 0 Å². The average molecular weight is 170 g/mol. The largest absolute Gasteiger partial charge is 0.395 e. The summed E-state index contributed by atoms with van der Waals surface area (Å²) in [5, 5.41) is 9.12. The molecule has 3 aliphatic heterocycles. The highest BCUT2D eigenvalue weighted by Gasteiger charge is 2.39. The van der Waals surface area contributed by atoms with Gasteiger partial charge >= 0.3 is 0 Å². The van der Waals surface area contributed by atoms with Crippen LogP contribution in [0.3, 0.4) is 0 Å². The molecule has 4 unspecified atom stereocenters. The lowest BCUT2D eigenvalue weighted by Gasteiger charge is -2.54. The van der Waals surface area contributed by atoms with Gasteiger partial charge in [-0.2, -0.15) is 0 Å². The smallest absolute Gasteiger partial charge is 0.0599 e. The number of aliphatic hydroxyl groups excluding tert-OH is 1. The maximum absolute atomic E-state index is 9.12. The molecule has 0 radical (unpaired) electrons. The third-order valence-electron chi connectivity index (χ3n) is 3.28. The monoisotopic (exact) mass is 170 g/mol. The third-order valence-corrected chi connectivity index (χ3v) is 3.28. The SMILES string of the molecule is CC1CN2C[C@@H](C)N1CC2CO. The number of nitrogens with zero attached hydrogens (tertiary/aromatic N) is 2. The molecule has 0 spiro atoms. The fourth-order valence-electron chi connectivity index (χ4n) is 2.59. The van der Waals surface area contributed by atoms with Crippen molar-refractivity contribution >= 4 is 0 Å². The van der Waals surface area contributed by atoms with Gasteiger partial charge in [-0.3, -0.25) is 9.80 Å². The molecule has 0 aromatic heterocycles. The first-order chi connectivity index (χ1) is 5.72. The Labute approximate surface area is 74.0 Å². The zero-order valence-electron chi connectivity index (χ0n) is 7.90. The minimum Gasteiger partial charge on any atom is -0.395 e. The van der Waals surface area contributed by atoms with Crippen molar-refractivity contribution in [3.63, 3.8) is 0 Å². The van der Waals surface area contributed by atoms with E-state index >= 15 is 0 Å². The average Bonchev–Trinajstić information content (AvgIpc) is 2.04. The minimum atomic E-state index is 0.315. The van der Waals surface area contributed by atoms with Gasteiger partial charge in [-0.05, 0) is 13.8 Å². The fourth-order valence-corrected chi connectivity index (χ4v) is 2.59. The molecule has 0 aliphatic carbocycles. The second-order valence-electron chi connectivity index (χ2n) is 4.19. The molecule has 5 atom stereocenters. The molecule has 70 valence electrons. The standard InChI is InChI=1S/C9H18N2O/c1-7-3-10-4-8(2)11(7)5-9(10)6-12/h7-9,12H,3-6H2,1-2H3/t7-,8?,9?/m1/s1. The van der Waals surface area contributed by atoms with Crippen molar-refractivity contribution in [2.24, 2.45) is 0 Å². The van der Waals surface area contributed by atoms with Gasteiger partial charge in [-0.25, -0.2) is 0 Å². The van der Waals surface area contributed by atoms with Crippen LogP contribution in [0.1, 0.15) is 13.8 Å². The van der Waals surface area contributed by atoms with Crippen LogP contribution >= 0.6 is 0 Å². The van der Waals surface area contributed by atoms with Crippen LogP contribution in [0, 0.1) is 0 Å². The summed E-state index contributed by atoms with van der Waals surface area (Å²) in [5.74, 6) is 0. The second-order valence-corrected chi connectivity index (χ2v) is 4.19. The van der Waals surface area contributed by atoms with Crippen molar-refractivity contribution < 1.29 is 5.11 Å². The molecule has 0 amide bonds. The first kappa shape index (κ1) is 8.48. The predicted octanol–water partition coefficient (Wildman–Crippen LogP) is -0.245. The van der Waals surface area contributed by atoms with E-state index in [4.69, 9.17) is 5.11 Å². The lowest BCUT2D eigenvalue weighted by molar-refractivity contribution is -0.0712. The molecular formula is C9H18N2O. The van der Waals surface area contributed by atoms with Crippen LogP contribution in [-0.4, -0.2) is 59.3 Å². The van der Waals surface area contributed by atoms with Crippen molar-refractivity contribution in [1.29, 1.82) is 0 Å². The van der Waals surface area contributed by atoms with Gasteiger partial charge in [0.2, 0.25) is 0 Å². The van der Waals surface area contributed by atoms with Gasteiger partial charge in [0.25, 0.3) is 0 Å². The second kappa shape index (κ2) is 2.98. The quantitative estimate of drug-likeness (QED) is 0.588. The normalized spacial score (nSPS) is 52.8. The van der Waals surface area contributed by atoms with Gasteiger partial charge in [0.15, 0.2) is 0 Å². The van der Waals surface area contributed by atoms with Crippen LogP contribution in [-0.2, 0) is 0 Å². The molecule has 12 heavy (non-hydrogen) atoms. The summed E-state index contributed by atoms with van der Waals surface area (Å²) in [7, 11) is 0. The molecule has 0 aromatic carbocycles. The Morgan fingerprint density at radius 2 is 1.75 bits per heavy atom. The van der Waals surface area contributed by atoms with Gasteiger partial charge in [0.05, 0.1) is 6.61 Å². The maximum Gasteiger partial charge on any atom is 0.0599 e. The van der Waals surface area contributed by atoms with E-state index < -0.39 is 0 Å². The van der Waals surface area contributed by atoms with Crippen LogP contribution in [0.2, 0.25) is 0 Å². The summed E-state index contributed by atoms with van der Waals surface area (Å²) in [4.78, 5) is 4.94. The Hall–Kier alpha value is -0.120. The number of aliphatic hydroxyl groups is 1. The molecule has 3 heteroatoms. The van der Waals surface area contributed by atoms with E-state index in [1.807, 2.05) is 0 Å². The Balaban J connectivity index is 2.09. The predicted molar refractivity (Wildman–Crippen MR) is 48.1 cm³/mol. The first-order valence-corrected chi connectivity index (χ1v) is 4.83. The molecule has 3 aliphatic rings. The van der Waals surface area contributed by atoms with Crippen molar-refractivity contribution in [3.05, 3.63) is 0 Å². The first-order valence-electron chi connectivity index (χ1n) is 4.83. The Morgan fingerprint density at radius 1 is 1.17 bits per heavy atom. The number of piperazine rings is 3. The van der Waals surface area contributed by atoms with E-state index in [0.29, 0.717) is 24.7 Å². The summed E-state index contributed by atoms with van der Waals surface area (Å²) in [6, 6.07) is 1.76. The number of hydrogen-bond donors (Lipinski definition) is 1. The summed E-state index contributed by atoms with van der Waals surface area (Å²) in [5.41, 5.74) is 0. The van der Waals surface area contributed by atoms with E-state index in [1.165, 1.54) is 0 Å². The molecule has 3 fully saturated rings. The van der Waals surface area contributed by atoms with Crippen LogP contribution in [0.5, 0.6) is 0 Å². The van der Waals surface area contributed by atoms with Crippen molar-refractivity contribution in [3.8, 4) is 0 Å². The van der Waals surface area contributed by atoms with Gasteiger partial charge in [0.1, 0.15) is 0 Å². The van der Waals surface area contributed by atoms with E-state index in [9.17, 15) is 0 Å². The van der Waals surface area contributed by atoms with Gasteiger partial charge in [0, 0.05) is 37.8 Å². The molecular weight excluding hydrogens is 152 g/mol. The zero-order chi connectivity index (χ0) is 8.72. The minimum absolute atomic E-state index is 0.315. The molecule has 3 saturated heterocycles. The van der Waals surface area contributed by atoms with E-state index in [1.54, 1.807) is 0 Å². The van der Waals surface area contributed by atoms with Crippen LogP contribution in [0.25, 0.3) is 0 Å². The van der Waals surface area contributed by atoms with Crippen LogP contribution in [0.4, 0.5) is 0 Å². The lowest BCUT2D eigenvalue weighted by atomic mass is 9.99. The highest BCUT2D eigenvalue weighted by atomic mass is 16.3. The van der Waals surface area contributed by atoms with E-state index in [0.717, 1.165) is 19.6 Å². The van der Waals surface area contributed by atoms with Crippen molar-refractivity contribution in [2.75, 3.05) is 26.2 Å².